The van der Waals surface area contributed by atoms with Gasteiger partial charge in [0.15, 0.2) is 11.3 Å². The molecule has 7 heteroatoms. The van der Waals surface area contributed by atoms with Crippen molar-refractivity contribution in [2.24, 2.45) is 11.8 Å². The van der Waals surface area contributed by atoms with Gasteiger partial charge < -0.3 is 20.5 Å². The van der Waals surface area contributed by atoms with Crippen LogP contribution < -0.4 is 5.32 Å². The zero-order chi connectivity index (χ0) is 17.4. The lowest BCUT2D eigenvalue weighted by molar-refractivity contribution is -0.0648. The first-order chi connectivity index (χ1) is 12.1. The molecule has 2 aromatic rings. The molecule has 25 heavy (non-hydrogen) atoms. The molecular weight excluding hydrogens is 320 g/mol. The highest BCUT2D eigenvalue weighted by Crippen LogP contribution is 2.45. The number of rotatable bonds is 5. The molecule has 2 aliphatic carbocycles. The molecule has 4 rings (SSSR count). The van der Waals surface area contributed by atoms with Gasteiger partial charge in [-0.15, -0.1) is 10.2 Å². The number of anilines is 1. The zero-order valence-corrected chi connectivity index (χ0v) is 14.2. The molecule has 0 radical (unpaired) electrons. The number of aromatic amines is 1. The maximum Gasteiger partial charge on any atom is 0.210 e. The molecule has 2 bridgehead atoms. The van der Waals surface area contributed by atoms with E-state index < -0.39 is 18.0 Å². The van der Waals surface area contributed by atoms with E-state index in [0.717, 1.165) is 37.5 Å². The number of carbonyl (C=O) groups excluding carboxylic acids is 1. The highest BCUT2D eigenvalue weighted by atomic mass is 16.3. The second-order valence-corrected chi connectivity index (χ2v) is 7.62. The number of Topliss-reactive ketones (excluding diaryl/α,β-unsaturated/α-hetero) is 1. The van der Waals surface area contributed by atoms with Crippen LogP contribution in [0.1, 0.15) is 49.0 Å². The van der Waals surface area contributed by atoms with Gasteiger partial charge in [0.2, 0.25) is 5.78 Å². The number of aliphatic hydroxyl groups excluding tert-OH is 1. The number of carbonyl (C=O) groups is 1. The van der Waals surface area contributed by atoms with Crippen LogP contribution in [0.15, 0.2) is 12.3 Å². The van der Waals surface area contributed by atoms with Crippen LogP contribution >= 0.6 is 0 Å². The molecule has 2 unspecified atom stereocenters. The van der Waals surface area contributed by atoms with E-state index in [1.165, 1.54) is 6.42 Å². The van der Waals surface area contributed by atoms with Gasteiger partial charge in [-0.25, -0.2) is 0 Å². The first-order valence-electron chi connectivity index (χ1n) is 9.02. The van der Waals surface area contributed by atoms with Crippen molar-refractivity contribution in [2.75, 3.05) is 18.5 Å². The molecule has 2 aromatic heterocycles. The van der Waals surface area contributed by atoms with Gasteiger partial charge in [0.25, 0.3) is 0 Å². The summed E-state index contributed by atoms with van der Waals surface area (Å²) in [5.41, 5.74) is 0.880. The van der Waals surface area contributed by atoms with Crippen molar-refractivity contribution in [3.05, 3.63) is 18.0 Å². The summed E-state index contributed by atoms with van der Waals surface area (Å²) in [5.74, 6) is 0.515. The molecule has 2 heterocycles. The zero-order valence-electron chi connectivity index (χ0n) is 14.2. The fourth-order valence-electron chi connectivity index (χ4n) is 4.71. The van der Waals surface area contributed by atoms with E-state index in [9.17, 15) is 15.0 Å². The Morgan fingerprint density at radius 1 is 1.40 bits per heavy atom. The number of nitrogens with one attached hydrogen (secondary N) is 2. The average Bonchev–Trinajstić information content (AvgIpc) is 3.06. The Morgan fingerprint density at radius 3 is 3.08 bits per heavy atom. The van der Waals surface area contributed by atoms with Gasteiger partial charge in [0.1, 0.15) is 6.61 Å². The predicted octanol–water partition coefficient (Wildman–Crippen LogP) is 1.88. The quantitative estimate of drug-likeness (QED) is 0.616. The van der Waals surface area contributed by atoms with Gasteiger partial charge in [-0.2, -0.15) is 0 Å². The van der Waals surface area contributed by atoms with E-state index in [0.29, 0.717) is 29.7 Å². The standard InChI is InChI=1S/C18H24N4O3/c23-10-14(24)16-15(13-3-5-19-17(13)22-21-16)20-9-12-6-11-2-1-4-18(25,7-11)8-12/h3,5,11-12,23,25H,1-2,4,6-10H2,(H2,19,20,22)/t11?,12-,18?/m0/s1. The summed E-state index contributed by atoms with van der Waals surface area (Å²) in [4.78, 5) is 15.0. The molecule has 0 aliphatic heterocycles. The summed E-state index contributed by atoms with van der Waals surface area (Å²) in [5, 5.41) is 32.1. The molecule has 0 amide bonds. The minimum atomic E-state index is -0.593. The maximum absolute atomic E-state index is 12.0. The highest BCUT2D eigenvalue weighted by molar-refractivity contribution is 6.06. The summed E-state index contributed by atoms with van der Waals surface area (Å²) >= 11 is 0. The number of fused-ring (bicyclic) bond motifs is 3. The highest BCUT2D eigenvalue weighted by Gasteiger charge is 2.41. The number of ketones is 1. The lowest BCUT2D eigenvalue weighted by Crippen LogP contribution is -2.43. The van der Waals surface area contributed by atoms with Crippen LogP contribution in [0.5, 0.6) is 0 Å². The van der Waals surface area contributed by atoms with Crippen LogP contribution in [-0.2, 0) is 0 Å². The van der Waals surface area contributed by atoms with E-state index in [-0.39, 0.29) is 5.69 Å². The van der Waals surface area contributed by atoms with Crippen molar-refractivity contribution in [3.8, 4) is 0 Å². The Labute approximate surface area is 145 Å². The van der Waals surface area contributed by atoms with Gasteiger partial charge in [-0.3, -0.25) is 4.79 Å². The molecule has 4 N–H and O–H groups in total. The Hall–Kier alpha value is -1.99. The molecule has 3 atom stereocenters. The summed E-state index contributed by atoms with van der Waals surface area (Å²) < 4.78 is 0. The number of hydrogen-bond acceptors (Lipinski definition) is 6. The van der Waals surface area contributed by atoms with Gasteiger partial charge in [0.05, 0.1) is 11.3 Å². The largest absolute Gasteiger partial charge is 0.390 e. The fraction of sp³-hybridized carbons (Fsp3) is 0.611. The van der Waals surface area contributed by atoms with Gasteiger partial charge >= 0.3 is 0 Å². The van der Waals surface area contributed by atoms with Crippen molar-refractivity contribution in [1.82, 2.24) is 15.2 Å². The number of H-pyrrole nitrogens is 1. The minimum absolute atomic E-state index is 0.171. The first-order valence-corrected chi connectivity index (χ1v) is 9.02. The van der Waals surface area contributed by atoms with E-state index >= 15 is 0 Å². The van der Waals surface area contributed by atoms with Crippen molar-refractivity contribution < 1.29 is 15.0 Å². The summed E-state index contributed by atoms with van der Waals surface area (Å²) in [6, 6.07) is 1.85. The monoisotopic (exact) mass is 344 g/mol. The van der Waals surface area contributed by atoms with Crippen molar-refractivity contribution in [3.63, 3.8) is 0 Å². The second-order valence-electron chi connectivity index (χ2n) is 7.62. The topological polar surface area (TPSA) is 111 Å². The maximum atomic E-state index is 12.0. The van der Waals surface area contributed by atoms with Crippen molar-refractivity contribution >= 4 is 22.5 Å². The van der Waals surface area contributed by atoms with Crippen molar-refractivity contribution in [2.45, 2.75) is 44.1 Å². The Kier molecular flexibility index (Phi) is 4.21. The molecule has 2 aliphatic rings. The number of aliphatic hydroxyl groups is 2. The molecule has 7 nitrogen and oxygen atoms in total. The molecule has 2 fully saturated rings. The summed E-state index contributed by atoms with van der Waals surface area (Å²) in [6.07, 6.45) is 7.80. The van der Waals surface area contributed by atoms with E-state index in [4.69, 9.17) is 0 Å². The first kappa shape index (κ1) is 16.5. The number of nitrogens with zero attached hydrogens (tertiary/aromatic N) is 2. The number of hydrogen-bond donors (Lipinski definition) is 4. The van der Waals surface area contributed by atoms with E-state index in [1.54, 1.807) is 6.20 Å². The summed E-state index contributed by atoms with van der Waals surface area (Å²) in [7, 11) is 0. The van der Waals surface area contributed by atoms with Crippen LogP contribution in [0.25, 0.3) is 11.0 Å². The molecule has 134 valence electrons. The third-order valence-electron chi connectivity index (χ3n) is 5.72. The van der Waals surface area contributed by atoms with Gasteiger partial charge in [0, 0.05) is 18.1 Å². The Balaban J connectivity index is 1.56. The predicted molar refractivity (Wildman–Crippen MR) is 93.4 cm³/mol. The molecule has 0 saturated heterocycles. The third kappa shape index (κ3) is 3.14. The summed E-state index contributed by atoms with van der Waals surface area (Å²) in [6.45, 7) is 0.0844. The number of aromatic nitrogens is 3. The molecule has 0 aromatic carbocycles. The SMILES string of the molecule is O=C(CO)c1nnc2[nH]ccc2c1NC[C@H]1CC2CCCC(O)(C2)C1. The van der Waals surface area contributed by atoms with E-state index in [2.05, 4.69) is 20.5 Å². The van der Waals surface area contributed by atoms with Crippen LogP contribution in [0.2, 0.25) is 0 Å². The van der Waals surface area contributed by atoms with E-state index in [1.807, 2.05) is 6.07 Å². The van der Waals surface area contributed by atoms with Crippen LogP contribution in [0.3, 0.4) is 0 Å². The third-order valence-corrected chi connectivity index (χ3v) is 5.72. The lowest BCUT2D eigenvalue weighted by Gasteiger charge is -2.45. The minimum Gasteiger partial charge on any atom is -0.390 e. The smallest absolute Gasteiger partial charge is 0.210 e. The normalized spacial score (nSPS) is 28.9. The van der Waals surface area contributed by atoms with Gasteiger partial charge in [-0.1, -0.05) is 12.8 Å². The van der Waals surface area contributed by atoms with Crippen molar-refractivity contribution in [1.29, 1.82) is 0 Å². The molecule has 2 saturated carbocycles. The molecular formula is C18H24N4O3. The average molecular weight is 344 g/mol. The Morgan fingerprint density at radius 2 is 2.28 bits per heavy atom. The lowest BCUT2D eigenvalue weighted by atomic mass is 9.65. The molecule has 0 spiro atoms. The second kappa shape index (κ2) is 6.38. The van der Waals surface area contributed by atoms with Crippen LogP contribution in [-0.4, -0.2) is 49.9 Å². The van der Waals surface area contributed by atoms with Crippen LogP contribution in [0.4, 0.5) is 5.69 Å². The Bertz CT molecular complexity index is 790. The fourth-order valence-corrected chi connectivity index (χ4v) is 4.71. The van der Waals surface area contributed by atoms with Gasteiger partial charge in [-0.05, 0) is 43.6 Å². The van der Waals surface area contributed by atoms with Crippen LogP contribution in [0, 0.1) is 11.8 Å².